The van der Waals surface area contributed by atoms with E-state index in [1.54, 1.807) is 11.0 Å². The Hall–Kier alpha value is -3.07. The molecular weight excluding hydrogens is 444 g/mol. The number of hydrogen-bond acceptors (Lipinski definition) is 6. The maximum absolute atomic E-state index is 12.2. The van der Waals surface area contributed by atoms with Crippen LogP contribution >= 0.6 is 11.6 Å². The number of benzene rings is 1. The fourth-order valence-electron chi connectivity index (χ4n) is 4.38. The Morgan fingerprint density at radius 2 is 1.97 bits per heavy atom. The molecule has 2 unspecified atom stereocenters. The molecular formula is C23H29ClN6O3. The Morgan fingerprint density at radius 3 is 2.70 bits per heavy atom. The van der Waals surface area contributed by atoms with Gasteiger partial charge in [-0.2, -0.15) is 0 Å². The van der Waals surface area contributed by atoms with Crippen molar-refractivity contribution in [2.45, 2.75) is 64.1 Å². The van der Waals surface area contributed by atoms with Gasteiger partial charge in [0.25, 0.3) is 5.91 Å². The first-order chi connectivity index (χ1) is 16.0. The van der Waals surface area contributed by atoms with Gasteiger partial charge in [-0.3, -0.25) is 14.9 Å². The number of fused-ring (bicyclic) bond motifs is 2. The third-order valence-corrected chi connectivity index (χ3v) is 6.48. The van der Waals surface area contributed by atoms with Crippen molar-refractivity contribution >= 4 is 35.1 Å². The number of rotatable bonds is 11. The number of guanidine groups is 1. The van der Waals surface area contributed by atoms with Gasteiger partial charge in [-0.1, -0.05) is 37.3 Å². The number of nitrogens with one attached hydrogen (secondary N) is 1. The fourth-order valence-corrected chi connectivity index (χ4v) is 4.75. The second-order valence-electron chi connectivity index (χ2n) is 8.39. The predicted octanol–water partition coefficient (Wildman–Crippen LogP) is 3.30. The number of unbranched alkanes of at least 4 members (excludes halogenated alkanes) is 5. The lowest BCUT2D eigenvalue weighted by atomic mass is 10.0. The smallest absolute Gasteiger partial charge is 0.259 e. The van der Waals surface area contributed by atoms with Crippen molar-refractivity contribution in [2.75, 3.05) is 6.61 Å². The lowest BCUT2D eigenvalue weighted by molar-refractivity contribution is -0.131. The Balaban J connectivity index is 1.26. The molecule has 176 valence electrons. The van der Waals surface area contributed by atoms with Gasteiger partial charge < -0.3 is 19.9 Å². The summed E-state index contributed by atoms with van der Waals surface area (Å²) in [5, 5.41) is 3.07. The summed E-state index contributed by atoms with van der Waals surface area (Å²) in [4.78, 5) is 34.1. The second kappa shape index (κ2) is 10.2. The van der Waals surface area contributed by atoms with Crippen LogP contribution in [-0.2, 0) is 16.1 Å². The summed E-state index contributed by atoms with van der Waals surface area (Å²) in [6, 6.07) is 2.16. The van der Waals surface area contributed by atoms with Crippen LogP contribution in [0.15, 0.2) is 35.8 Å². The monoisotopic (exact) mass is 472 g/mol. The summed E-state index contributed by atoms with van der Waals surface area (Å²) in [7, 11) is 0. The molecule has 1 aromatic heterocycles. The van der Waals surface area contributed by atoms with Gasteiger partial charge in [0.05, 0.1) is 29.7 Å². The van der Waals surface area contributed by atoms with Gasteiger partial charge >= 0.3 is 0 Å². The molecule has 1 fully saturated rings. The topological polar surface area (TPSA) is 115 Å². The van der Waals surface area contributed by atoms with Crippen molar-refractivity contribution in [3.8, 4) is 5.75 Å². The fraction of sp³-hybridized carbons (Fsp3) is 0.478. The zero-order chi connectivity index (χ0) is 23.4. The zero-order valence-corrected chi connectivity index (χ0v) is 19.4. The largest absolute Gasteiger partial charge is 0.492 e. The number of nitrogens with two attached hydrogens (primary N) is 1. The first-order valence-corrected chi connectivity index (χ1v) is 11.7. The average molecular weight is 473 g/mol. The van der Waals surface area contributed by atoms with Crippen LogP contribution in [0.1, 0.15) is 57.1 Å². The molecule has 2 amide bonds. The minimum absolute atomic E-state index is 0.318. The molecule has 1 aromatic carbocycles. The second-order valence-corrected chi connectivity index (χ2v) is 8.77. The van der Waals surface area contributed by atoms with Crippen molar-refractivity contribution in [3.05, 3.63) is 41.4 Å². The first kappa shape index (κ1) is 23.1. The van der Waals surface area contributed by atoms with Gasteiger partial charge in [-0.15, -0.1) is 0 Å². The molecule has 2 aliphatic rings. The number of nitrogens with zero attached hydrogens (tertiary/aromatic N) is 4. The molecule has 2 atom stereocenters. The minimum Gasteiger partial charge on any atom is -0.492 e. The number of primary amides is 1. The van der Waals surface area contributed by atoms with Crippen molar-refractivity contribution < 1.29 is 14.3 Å². The molecule has 0 spiro atoms. The van der Waals surface area contributed by atoms with E-state index in [2.05, 4.69) is 19.9 Å². The van der Waals surface area contributed by atoms with Crippen molar-refractivity contribution in [1.29, 1.82) is 0 Å². The van der Waals surface area contributed by atoms with Crippen LogP contribution in [0.4, 0.5) is 5.69 Å². The van der Waals surface area contributed by atoms with Gasteiger partial charge in [0.15, 0.2) is 6.04 Å². The van der Waals surface area contributed by atoms with E-state index in [4.69, 9.17) is 22.1 Å². The van der Waals surface area contributed by atoms with Gasteiger partial charge in [-0.05, 0) is 31.9 Å². The van der Waals surface area contributed by atoms with Gasteiger partial charge in [0.1, 0.15) is 5.75 Å². The van der Waals surface area contributed by atoms with E-state index in [1.165, 1.54) is 19.3 Å². The van der Waals surface area contributed by atoms with E-state index in [0.29, 0.717) is 29.0 Å². The van der Waals surface area contributed by atoms with Gasteiger partial charge in [-0.25, -0.2) is 9.98 Å². The molecule has 10 heteroatoms. The standard InChI is InChI=1S/C23H29ClN6O3/c1-15-18-16(27-23-28-22(32)20(21(25)31)30(15)23)8-9-17(19(18)24)33-13-7-5-3-2-4-6-11-29-12-10-26-14-29/h8-10,12,14-15,20H,2-7,11,13H2,1H3,(H2,25,31)(H,27,28,32). The summed E-state index contributed by atoms with van der Waals surface area (Å²) in [6.07, 6.45) is 12.4. The summed E-state index contributed by atoms with van der Waals surface area (Å²) >= 11 is 6.67. The average Bonchev–Trinajstić information content (AvgIpc) is 3.41. The van der Waals surface area contributed by atoms with Gasteiger partial charge in [0.2, 0.25) is 11.9 Å². The van der Waals surface area contributed by atoms with Crippen LogP contribution in [0.5, 0.6) is 5.75 Å². The lowest BCUT2D eigenvalue weighted by Crippen LogP contribution is -2.47. The molecule has 1 saturated heterocycles. The molecule has 0 bridgehead atoms. The molecule has 0 saturated carbocycles. The predicted molar refractivity (Wildman–Crippen MR) is 125 cm³/mol. The van der Waals surface area contributed by atoms with Gasteiger partial charge in [0, 0.05) is 24.5 Å². The number of hydrogen-bond donors (Lipinski definition) is 2. The SMILES string of the molecule is CC1c2c(ccc(OCCCCCCCCn3ccnc3)c2Cl)N=C2NC(=O)C(C(N)=O)N21. The maximum Gasteiger partial charge on any atom is 0.259 e. The Kier molecular flexibility index (Phi) is 7.17. The molecule has 4 rings (SSSR count). The zero-order valence-electron chi connectivity index (χ0n) is 18.7. The van der Waals surface area contributed by atoms with Crippen LogP contribution in [-0.4, -0.2) is 44.9 Å². The molecule has 0 radical (unpaired) electrons. The van der Waals surface area contributed by atoms with E-state index < -0.39 is 17.9 Å². The summed E-state index contributed by atoms with van der Waals surface area (Å²) in [6.45, 7) is 3.46. The number of ether oxygens (including phenoxy) is 1. The Morgan fingerprint density at radius 1 is 1.21 bits per heavy atom. The third-order valence-electron chi connectivity index (χ3n) is 6.09. The number of amides is 2. The molecule has 9 nitrogen and oxygen atoms in total. The summed E-state index contributed by atoms with van der Waals surface area (Å²) in [5.41, 5.74) is 6.81. The van der Waals surface area contributed by atoms with E-state index >= 15 is 0 Å². The maximum atomic E-state index is 12.2. The minimum atomic E-state index is -1.10. The van der Waals surface area contributed by atoms with Crippen molar-refractivity contribution in [1.82, 2.24) is 19.8 Å². The number of aryl methyl sites for hydroxylation is 1. The third kappa shape index (κ3) is 4.98. The number of carbonyl (C=O) groups excluding carboxylic acids is 2. The van der Waals surface area contributed by atoms with Crippen molar-refractivity contribution in [3.63, 3.8) is 0 Å². The molecule has 0 aliphatic carbocycles. The van der Waals surface area contributed by atoms with Crippen LogP contribution in [0, 0.1) is 0 Å². The number of carbonyl (C=O) groups is 2. The highest BCUT2D eigenvalue weighted by molar-refractivity contribution is 6.33. The molecule has 2 aromatic rings. The van der Waals surface area contributed by atoms with E-state index in [-0.39, 0.29) is 6.04 Å². The first-order valence-electron chi connectivity index (χ1n) is 11.4. The molecule has 33 heavy (non-hydrogen) atoms. The van der Waals surface area contributed by atoms with Crippen LogP contribution in [0.25, 0.3) is 0 Å². The number of halogens is 1. The molecule has 3 heterocycles. The number of aliphatic imine (C=N–C) groups is 1. The van der Waals surface area contributed by atoms with Crippen LogP contribution < -0.4 is 15.8 Å². The highest BCUT2D eigenvalue weighted by Crippen LogP contribution is 2.44. The Labute approximate surface area is 198 Å². The lowest BCUT2D eigenvalue weighted by Gasteiger charge is -2.33. The van der Waals surface area contributed by atoms with E-state index in [1.807, 2.05) is 31.7 Å². The molecule has 2 aliphatic heterocycles. The van der Waals surface area contributed by atoms with E-state index in [0.717, 1.165) is 31.4 Å². The number of imidazole rings is 1. The summed E-state index contributed by atoms with van der Waals surface area (Å²) in [5.74, 6) is -0.303. The van der Waals surface area contributed by atoms with Crippen molar-refractivity contribution in [2.24, 2.45) is 10.7 Å². The molecule has 3 N–H and O–H groups in total. The van der Waals surface area contributed by atoms with E-state index in [9.17, 15) is 9.59 Å². The van der Waals surface area contributed by atoms with Crippen LogP contribution in [0.2, 0.25) is 5.02 Å². The Bertz CT molecular complexity index is 1040. The highest BCUT2D eigenvalue weighted by atomic mass is 35.5. The number of aromatic nitrogens is 2. The van der Waals surface area contributed by atoms with Crippen LogP contribution in [0.3, 0.4) is 0 Å². The highest BCUT2D eigenvalue weighted by Gasteiger charge is 2.46. The quantitative estimate of drug-likeness (QED) is 0.384. The normalized spacial score (nSPS) is 19.0. The summed E-state index contributed by atoms with van der Waals surface area (Å²) < 4.78 is 8.06.